The molecule has 1 aliphatic carbocycles. The molecule has 2 aromatic heterocycles. The van der Waals surface area contributed by atoms with Gasteiger partial charge in [0, 0.05) is 37.8 Å². The molecule has 23 heavy (non-hydrogen) atoms. The highest BCUT2D eigenvalue weighted by molar-refractivity contribution is 5.55. The molecule has 1 atom stereocenters. The quantitative estimate of drug-likeness (QED) is 0.867. The van der Waals surface area contributed by atoms with Crippen LogP contribution in [0.4, 0.5) is 5.82 Å². The van der Waals surface area contributed by atoms with Crippen LogP contribution in [-0.2, 0) is 0 Å². The Balaban J connectivity index is 1.32. The number of fused-ring (bicyclic) bond motifs is 1. The van der Waals surface area contributed by atoms with E-state index in [1.54, 1.807) is 0 Å². The SMILES string of the molecule is c1cc(N2CCN3CCCC3C2)ncc1-c1nc(C2CC2)no1. The number of hydrogen-bond acceptors (Lipinski definition) is 6. The van der Waals surface area contributed by atoms with Crippen molar-refractivity contribution in [2.24, 2.45) is 0 Å². The van der Waals surface area contributed by atoms with E-state index in [0.717, 1.165) is 36.8 Å². The van der Waals surface area contributed by atoms with Crippen LogP contribution in [0.3, 0.4) is 0 Å². The molecule has 3 aliphatic rings. The summed E-state index contributed by atoms with van der Waals surface area (Å²) in [6.07, 6.45) is 6.89. The molecule has 4 heterocycles. The van der Waals surface area contributed by atoms with Crippen molar-refractivity contribution in [3.63, 3.8) is 0 Å². The van der Waals surface area contributed by atoms with Crippen LogP contribution in [0.25, 0.3) is 11.5 Å². The standard InChI is InChI=1S/C17H21N5O/c1-2-14-11-22(9-8-21(14)7-1)15-6-5-13(10-18-15)17-19-16(20-23-17)12-3-4-12/h5-6,10,12,14H,1-4,7-9,11H2. The zero-order valence-corrected chi connectivity index (χ0v) is 13.2. The van der Waals surface area contributed by atoms with Gasteiger partial charge in [-0.05, 0) is 44.4 Å². The van der Waals surface area contributed by atoms with Crippen molar-refractivity contribution in [1.29, 1.82) is 0 Å². The summed E-state index contributed by atoms with van der Waals surface area (Å²) in [6, 6.07) is 4.84. The molecule has 6 nitrogen and oxygen atoms in total. The van der Waals surface area contributed by atoms with E-state index in [9.17, 15) is 0 Å². The third kappa shape index (κ3) is 2.51. The molecule has 3 fully saturated rings. The fourth-order valence-electron chi connectivity index (χ4n) is 3.76. The predicted molar refractivity (Wildman–Crippen MR) is 86.3 cm³/mol. The lowest BCUT2D eigenvalue weighted by Crippen LogP contribution is -2.50. The second-order valence-corrected chi connectivity index (χ2v) is 6.92. The number of rotatable bonds is 3. The Labute approximate surface area is 135 Å². The molecule has 0 spiro atoms. The van der Waals surface area contributed by atoms with Gasteiger partial charge in [-0.25, -0.2) is 4.98 Å². The highest BCUT2D eigenvalue weighted by Crippen LogP contribution is 2.38. The highest BCUT2D eigenvalue weighted by Gasteiger charge is 2.31. The molecule has 120 valence electrons. The average molecular weight is 311 g/mol. The van der Waals surface area contributed by atoms with Crippen LogP contribution < -0.4 is 4.90 Å². The number of pyridine rings is 1. The lowest BCUT2D eigenvalue weighted by Gasteiger charge is -2.38. The minimum Gasteiger partial charge on any atom is -0.354 e. The zero-order chi connectivity index (χ0) is 15.2. The largest absolute Gasteiger partial charge is 0.354 e. The van der Waals surface area contributed by atoms with Crippen LogP contribution in [0.1, 0.15) is 37.4 Å². The van der Waals surface area contributed by atoms with Gasteiger partial charge in [-0.15, -0.1) is 0 Å². The fourth-order valence-corrected chi connectivity index (χ4v) is 3.76. The van der Waals surface area contributed by atoms with Gasteiger partial charge in [0.05, 0.1) is 5.56 Å². The molecule has 0 aromatic carbocycles. The fraction of sp³-hybridized carbons (Fsp3) is 0.588. The Hall–Kier alpha value is -1.95. The second-order valence-electron chi connectivity index (χ2n) is 6.92. The van der Waals surface area contributed by atoms with Crippen molar-refractivity contribution < 1.29 is 4.52 Å². The maximum Gasteiger partial charge on any atom is 0.259 e. The summed E-state index contributed by atoms with van der Waals surface area (Å²) in [5.74, 6) is 3.01. The minimum atomic E-state index is 0.516. The van der Waals surface area contributed by atoms with E-state index in [2.05, 4.69) is 31.0 Å². The van der Waals surface area contributed by atoms with Crippen LogP contribution in [0, 0.1) is 0 Å². The maximum atomic E-state index is 5.37. The van der Waals surface area contributed by atoms with Gasteiger partial charge < -0.3 is 9.42 Å². The minimum absolute atomic E-state index is 0.516. The van der Waals surface area contributed by atoms with Crippen molar-refractivity contribution >= 4 is 5.82 Å². The van der Waals surface area contributed by atoms with Gasteiger partial charge in [-0.1, -0.05) is 5.16 Å². The van der Waals surface area contributed by atoms with Gasteiger partial charge >= 0.3 is 0 Å². The Morgan fingerprint density at radius 3 is 2.87 bits per heavy atom. The van der Waals surface area contributed by atoms with Crippen molar-refractivity contribution in [2.45, 2.75) is 37.6 Å². The Bertz CT molecular complexity index is 693. The molecule has 5 rings (SSSR count). The molecule has 2 saturated heterocycles. The Morgan fingerprint density at radius 1 is 1.09 bits per heavy atom. The topological polar surface area (TPSA) is 58.3 Å². The Kier molecular flexibility index (Phi) is 3.11. The first-order valence-corrected chi connectivity index (χ1v) is 8.66. The smallest absolute Gasteiger partial charge is 0.259 e. The summed E-state index contributed by atoms with van der Waals surface area (Å²) in [5.41, 5.74) is 0.910. The van der Waals surface area contributed by atoms with Crippen molar-refractivity contribution in [3.05, 3.63) is 24.2 Å². The van der Waals surface area contributed by atoms with E-state index < -0.39 is 0 Å². The van der Waals surface area contributed by atoms with E-state index in [4.69, 9.17) is 4.52 Å². The molecule has 0 bridgehead atoms. The van der Waals surface area contributed by atoms with Crippen molar-refractivity contribution in [1.82, 2.24) is 20.0 Å². The summed E-state index contributed by atoms with van der Waals surface area (Å²) in [6.45, 7) is 4.59. The van der Waals surface area contributed by atoms with Crippen molar-refractivity contribution in [3.8, 4) is 11.5 Å². The van der Waals surface area contributed by atoms with Crippen LogP contribution in [0.5, 0.6) is 0 Å². The zero-order valence-electron chi connectivity index (χ0n) is 13.2. The predicted octanol–water partition coefficient (Wildman–Crippen LogP) is 2.29. The van der Waals surface area contributed by atoms with Crippen LogP contribution in [0.2, 0.25) is 0 Å². The van der Waals surface area contributed by atoms with E-state index in [0.29, 0.717) is 17.9 Å². The van der Waals surface area contributed by atoms with E-state index in [1.807, 2.05) is 12.3 Å². The van der Waals surface area contributed by atoms with Gasteiger partial charge in [0.25, 0.3) is 5.89 Å². The Morgan fingerprint density at radius 2 is 2.04 bits per heavy atom. The van der Waals surface area contributed by atoms with Crippen LogP contribution in [0.15, 0.2) is 22.9 Å². The normalized spacial score (nSPS) is 24.9. The molecule has 1 saturated carbocycles. The monoisotopic (exact) mass is 311 g/mol. The van der Waals surface area contributed by atoms with Gasteiger partial charge in [0.2, 0.25) is 0 Å². The first-order valence-electron chi connectivity index (χ1n) is 8.66. The average Bonchev–Trinajstić information content (AvgIpc) is 3.14. The van der Waals surface area contributed by atoms with E-state index >= 15 is 0 Å². The van der Waals surface area contributed by atoms with Crippen molar-refractivity contribution in [2.75, 3.05) is 31.1 Å². The second kappa shape index (κ2) is 5.30. The summed E-state index contributed by atoms with van der Waals surface area (Å²) in [7, 11) is 0. The molecule has 0 N–H and O–H groups in total. The summed E-state index contributed by atoms with van der Waals surface area (Å²) in [5, 5.41) is 4.07. The lowest BCUT2D eigenvalue weighted by molar-refractivity contribution is 0.230. The number of nitrogens with zero attached hydrogens (tertiary/aromatic N) is 5. The summed E-state index contributed by atoms with van der Waals surface area (Å²) >= 11 is 0. The summed E-state index contributed by atoms with van der Waals surface area (Å²) in [4.78, 5) is 14.1. The summed E-state index contributed by atoms with van der Waals surface area (Å²) < 4.78 is 5.37. The number of hydrogen-bond donors (Lipinski definition) is 0. The maximum absolute atomic E-state index is 5.37. The molecule has 0 amide bonds. The third-order valence-electron chi connectivity index (χ3n) is 5.29. The van der Waals surface area contributed by atoms with Crippen LogP contribution in [-0.4, -0.2) is 52.2 Å². The highest BCUT2D eigenvalue weighted by atomic mass is 16.5. The van der Waals surface area contributed by atoms with E-state index in [-0.39, 0.29) is 0 Å². The molecular weight excluding hydrogens is 290 g/mol. The molecule has 2 aliphatic heterocycles. The number of anilines is 1. The van der Waals surface area contributed by atoms with Crippen LogP contribution >= 0.6 is 0 Å². The van der Waals surface area contributed by atoms with E-state index in [1.165, 1.54) is 32.2 Å². The van der Waals surface area contributed by atoms with Gasteiger partial charge in [-0.3, -0.25) is 4.90 Å². The first kappa shape index (κ1) is 13.5. The lowest BCUT2D eigenvalue weighted by atomic mass is 10.1. The molecule has 1 unspecified atom stereocenters. The number of piperazine rings is 1. The molecule has 6 heteroatoms. The molecular formula is C17H21N5O. The third-order valence-corrected chi connectivity index (χ3v) is 5.29. The van der Waals surface area contributed by atoms with Gasteiger partial charge in [0.15, 0.2) is 5.82 Å². The first-order chi connectivity index (χ1) is 11.4. The molecule has 0 radical (unpaired) electrons. The number of aromatic nitrogens is 3. The van der Waals surface area contributed by atoms with Gasteiger partial charge in [-0.2, -0.15) is 4.98 Å². The van der Waals surface area contributed by atoms with Gasteiger partial charge in [0.1, 0.15) is 5.82 Å². The molecule has 2 aromatic rings.